The van der Waals surface area contributed by atoms with Crippen LogP contribution in [-0.4, -0.2) is 32.4 Å². The smallest absolute Gasteiger partial charge is 0.338 e. The van der Waals surface area contributed by atoms with Gasteiger partial charge in [-0.1, -0.05) is 6.07 Å². The summed E-state index contributed by atoms with van der Waals surface area (Å²) in [6.45, 7) is 4.96. The van der Waals surface area contributed by atoms with Gasteiger partial charge in [0.25, 0.3) is 5.91 Å². The zero-order valence-corrected chi connectivity index (χ0v) is 18.1. The molecule has 0 spiro atoms. The molecular weight excluding hydrogens is 404 g/mol. The van der Waals surface area contributed by atoms with Crippen molar-refractivity contribution in [3.05, 3.63) is 59.2 Å². The second-order valence-corrected chi connectivity index (χ2v) is 9.39. The summed E-state index contributed by atoms with van der Waals surface area (Å²) in [6, 6.07) is 11.1. The summed E-state index contributed by atoms with van der Waals surface area (Å²) in [5.74, 6) is -1.05. The molecule has 1 amide bonds. The van der Waals surface area contributed by atoms with Gasteiger partial charge in [-0.2, -0.15) is 0 Å². The van der Waals surface area contributed by atoms with Crippen molar-refractivity contribution in [1.82, 2.24) is 4.72 Å². The number of hydrogen-bond donors (Lipinski definition) is 2. The topological polar surface area (TPSA) is 102 Å². The van der Waals surface area contributed by atoms with Crippen LogP contribution >= 0.6 is 0 Å². The minimum atomic E-state index is -3.60. The maximum atomic E-state index is 12.4. The number of hydrogen-bond acceptors (Lipinski definition) is 5. The Balaban J connectivity index is 1.59. The summed E-state index contributed by atoms with van der Waals surface area (Å²) in [5, 5.41) is 2.63. The van der Waals surface area contributed by atoms with Crippen molar-refractivity contribution in [2.75, 3.05) is 5.32 Å². The van der Waals surface area contributed by atoms with Crippen LogP contribution < -0.4 is 10.0 Å². The highest BCUT2D eigenvalue weighted by atomic mass is 32.2. The molecule has 0 aliphatic heterocycles. The number of sulfonamides is 1. The molecular formula is C22H26N2O5S. The van der Waals surface area contributed by atoms with Crippen LogP contribution in [0.5, 0.6) is 0 Å². The van der Waals surface area contributed by atoms with Crippen molar-refractivity contribution in [2.45, 2.75) is 57.1 Å². The van der Waals surface area contributed by atoms with E-state index in [1.165, 1.54) is 36.8 Å². The third-order valence-corrected chi connectivity index (χ3v) is 6.48. The molecule has 1 unspecified atom stereocenters. The van der Waals surface area contributed by atoms with Crippen molar-refractivity contribution in [2.24, 2.45) is 0 Å². The minimum absolute atomic E-state index is 0.102. The van der Waals surface area contributed by atoms with E-state index < -0.39 is 28.0 Å². The Kier molecular flexibility index (Phi) is 6.58. The van der Waals surface area contributed by atoms with E-state index in [9.17, 15) is 18.0 Å². The number of aryl methyl sites for hydroxylation is 2. The summed E-state index contributed by atoms with van der Waals surface area (Å²) in [7, 11) is -3.60. The van der Waals surface area contributed by atoms with E-state index in [1.54, 1.807) is 19.9 Å². The normalized spacial score (nSPS) is 14.3. The van der Waals surface area contributed by atoms with Crippen molar-refractivity contribution in [1.29, 1.82) is 0 Å². The Morgan fingerprint density at radius 1 is 0.967 bits per heavy atom. The van der Waals surface area contributed by atoms with E-state index in [-0.39, 0.29) is 10.9 Å². The predicted octanol–water partition coefficient (Wildman–Crippen LogP) is 3.05. The first-order chi connectivity index (χ1) is 14.2. The van der Waals surface area contributed by atoms with Crippen LogP contribution in [0.4, 0.5) is 5.69 Å². The van der Waals surface area contributed by atoms with E-state index in [2.05, 4.69) is 10.0 Å². The number of rotatable bonds is 7. The second-order valence-electron chi connectivity index (χ2n) is 7.67. The average molecular weight is 431 g/mol. The Hall–Kier alpha value is -2.71. The van der Waals surface area contributed by atoms with E-state index in [0.29, 0.717) is 11.3 Å². The minimum Gasteiger partial charge on any atom is -0.449 e. The molecule has 0 aromatic heterocycles. The van der Waals surface area contributed by atoms with E-state index in [1.807, 2.05) is 12.1 Å². The van der Waals surface area contributed by atoms with Gasteiger partial charge < -0.3 is 10.1 Å². The van der Waals surface area contributed by atoms with E-state index >= 15 is 0 Å². The zero-order chi connectivity index (χ0) is 21.9. The first kappa shape index (κ1) is 22.0. The van der Waals surface area contributed by atoms with E-state index in [0.717, 1.165) is 24.8 Å². The van der Waals surface area contributed by atoms with Gasteiger partial charge >= 0.3 is 5.97 Å². The summed E-state index contributed by atoms with van der Waals surface area (Å²) in [5.41, 5.74) is 3.25. The van der Waals surface area contributed by atoms with Crippen LogP contribution in [0, 0.1) is 0 Å². The lowest BCUT2D eigenvalue weighted by Gasteiger charge is -2.14. The maximum absolute atomic E-state index is 12.4. The molecule has 160 valence electrons. The van der Waals surface area contributed by atoms with Gasteiger partial charge in [-0.25, -0.2) is 17.9 Å². The zero-order valence-electron chi connectivity index (χ0n) is 17.3. The maximum Gasteiger partial charge on any atom is 0.338 e. The number of fused-ring (bicyclic) bond motifs is 1. The van der Waals surface area contributed by atoms with Gasteiger partial charge in [0.1, 0.15) is 0 Å². The number of esters is 1. The van der Waals surface area contributed by atoms with Crippen LogP contribution in [-0.2, 0) is 32.4 Å². The lowest BCUT2D eigenvalue weighted by Crippen LogP contribution is -2.30. The molecule has 2 aromatic carbocycles. The highest BCUT2D eigenvalue weighted by Crippen LogP contribution is 2.23. The van der Waals surface area contributed by atoms with Gasteiger partial charge in [0.15, 0.2) is 6.10 Å². The van der Waals surface area contributed by atoms with Crippen molar-refractivity contribution in [3.63, 3.8) is 0 Å². The van der Waals surface area contributed by atoms with Crippen LogP contribution in [0.15, 0.2) is 47.4 Å². The lowest BCUT2D eigenvalue weighted by molar-refractivity contribution is -0.123. The Morgan fingerprint density at radius 3 is 2.30 bits per heavy atom. The summed E-state index contributed by atoms with van der Waals surface area (Å²) in [6.07, 6.45) is 2.05. The van der Waals surface area contributed by atoms with Gasteiger partial charge in [-0.05, 0) is 87.6 Å². The van der Waals surface area contributed by atoms with Crippen LogP contribution in [0.3, 0.4) is 0 Å². The molecule has 7 nitrogen and oxygen atoms in total. The van der Waals surface area contributed by atoms with Crippen LogP contribution in [0.25, 0.3) is 0 Å². The Bertz CT molecular complexity index is 1050. The monoisotopic (exact) mass is 430 g/mol. The molecule has 8 heteroatoms. The number of anilines is 1. The van der Waals surface area contributed by atoms with Gasteiger partial charge in [0, 0.05) is 11.7 Å². The molecule has 0 bridgehead atoms. The number of carbonyl (C=O) groups excluding carboxylic acids is 2. The summed E-state index contributed by atoms with van der Waals surface area (Å²) < 4.78 is 32.1. The first-order valence-corrected chi connectivity index (χ1v) is 11.4. The highest BCUT2D eigenvalue weighted by molar-refractivity contribution is 7.89. The second kappa shape index (κ2) is 8.97. The largest absolute Gasteiger partial charge is 0.449 e. The van der Waals surface area contributed by atoms with E-state index in [4.69, 9.17) is 4.74 Å². The van der Waals surface area contributed by atoms with Crippen molar-refractivity contribution >= 4 is 27.6 Å². The average Bonchev–Trinajstić information content (AvgIpc) is 3.15. The van der Waals surface area contributed by atoms with Crippen LogP contribution in [0.1, 0.15) is 48.7 Å². The summed E-state index contributed by atoms with van der Waals surface area (Å²) in [4.78, 5) is 24.9. The lowest BCUT2D eigenvalue weighted by atomic mass is 10.1. The van der Waals surface area contributed by atoms with Gasteiger partial charge in [-0.15, -0.1) is 0 Å². The molecule has 1 atom stereocenters. The Morgan fingerprint density at radius 2 is 1.63 bits per heavy atom. The van der Waals surface area contributed by atoms with Crippen LogP contribution in [0.2, 0.25) is 0 Å². The molecule has 0 fully saturated rings. The molecule has 3 rings (SSSR count). The molecule has 1 aliphatic rings. The SMILES string of the molecule is CC(C)NS(=O)(=O)c1ccc(NC(=O)C(C)OC(=O)c2ccc3c(c2)CCC3)cc1. The summed E-state index contributed by atoms with van der Waals surface area (Å²) >= 11 is 0. The standard InChI is InChI=1S/C22H26N2O5S/c1-14(2)24-30(27,28)20-11-9-19(10-12-20)23-21(25)15(3)29-22(26)18-8-7-16-5-4-6-17(16)13-18/h7-15,24H,4-6H2,1-3H3,(H,23,25). The molecule has 30 heavy (non-hydrogen) atoms. The first-order valence-electron chi connectivity index (χ1n) is 9.92. The molecule has 2 N–H and O–H groups in total. The number of carbonyl (C=O) groups is 2. The molecule has 0 heterocycles. The predicted molar refractivity (Wildman–Crippen MR) is 114 cm³/mol. The number of amides is 1. The number of ether oxygens (including phenoxy) is 1. The quantitative estimate of drug-likeness (QED) is 0.658. The van der Waals surface area contributed by atoms with Crippen molar-refractivity contribution in [3.8, 4) is 0 Å². The fraction of sp³-hybridized carbons (Fsp3) is 0.364. The van der Waals surface area contributed by atoms with Crippen molar-refractivity contribution < 1.29 is 22.7 Å². The molecule has 1 aliphatic carbocycles. The Labute approximate surface area is 176 Å². The fourth-order valence-corrected chi connectivity index (χ4v) is 4.57. The fourth-order valence-electron chi connectivity index (χ4n) is 3.32. The van der Waals surface area contributed by atoms with Gasteiger partial charge in [-0.3, -0.25) is 4.79 Å². The molecule has 2 aromatic rings. The molecule has 0 saturated carbocycles. The number of nitrogens with one attached hydrogen (secondary N) is 2. The number of benzene rings is 2. The van der Waals surface area contributed by atoms with Gasteiger partial charge in [0.05, 0.1) is 10.5 Å². The third-order valence-electron chi connectivity index (χ3n) is 4.81. The molecule has 0 radical (unpaired) electrons. The highest BCUT2D eigenvalue weighted by Gasteiger charge is 2.21. The molecule has 0 saturated heterocycles. The third kappa shape index (κ3) is 5.25. The van der Waals surface area contributed by atoms with Gasteiger partial charge in [0.2, 0.25) is 10.0 Å².